The maximum Gasteiger partial charge on any atom is 0.573 e. The predicted octanol–water partition coefficient (Wildman–Crippen LogP) is 7.03. The summed E-state index contributed by atoms with van der Waals surface area (Å²) < 4.78 is 139. The van der Waals surface area contributed by atoms with Crippen molar-refractivity contribution in [2.75, 3.05) is 0 Å². The summed E-state index contributed by atoms with van der Waals surface area (Å²) in [5.74, 6) is -2.45. The molecule has 0 aliphatic rings. The van der Waals surface area contributed by atoms with Crippen LogP contribution in [0.4, 0.5) is 43.9 Å². The molecular weight excluding hydrogens is 600 g/mol. The number of aryl methyl sites for hydroxylation is 1. The van der Waals surface area contributed by atoms with Crippen molar-refractivity contribution in [3.05, 3.63) is 113 Å². The van der Waals surface area contributed by atoms with Crippen LogP contribution in [0.15, 0.2) is 73.3 Å². The van der Waals surface area contributed by atoms with E-state index < -0.39 is 53.4 Å². The third-order valence-corrected chi connectivity index (χ3v) is 6.20. The molecule has 0 aliphatic heterocycles. The predicted molar refractivity (Wildman–Crippen MR) is 131 cm³/mol. The van der Waals surface area contributed by atoms with E-state index in [0.29, 0.717) is 18.2 Å². The SMILES string of the molecule is C=C(NC(Cc1nnn(C)n1)(c1cccc(OC(F)(F)F)c1)c1cccc(C(F)(F)F)c1)c1ccc(F)c(C(F)(F)F)c1. The Morgan fingerprint density at radius 1 is 0.837 bits per heavy atom. The summed E-state index contributed by atoms with van der Waals surface area (Å²) in [4.78, 5) is 1.01. The van der Waals surface area contributed by atoms with Gasteiger partial charge in [0.25, 0.3) is 0 Å². The van der Waals surface area contributed by atoms with Gasteiger partial charge in [-0.2, -0.15) is 31.1 Å². The number of hydrogen-bond donors (Lipinski definition) is 1. The Bertz CT molecular complexity index is 1630. The first-order chi connectivity index (χ1) is 19.9. The number of tetrazole rings is 1. The minimum Gasteiger partial charge on any atom is -0.406 e. The van der Waals surface area contributed by atoms with Gasteiger partial charge in [-0.25, -0.2) is 4.39 Å². The lowest BCUT2D eigenvalue weighted by Gasteiger charge is -2.37. The lowest BCUT2D eigenvalue weighted by atomic mass is 9.78. The summed E-state index contributed by atoms with van der Waals surface area (Å²) in [5.41, 5.74) is -5.84. The minimum absolute atomic E-state index is 0.113. The molecule has 0 fully saturated rings. The van der Waals surface area contributed by atoms with Crippen molar-refractivity contribution < 1.29 is 48.6 Å². The van der Waals surface area contributed by atoms with Crippen molar-refractivity contribution in [3.8, 4) is 5.75 Å². The molecular formula is C27H19F10N5O. The Hall–Kier alpha value is -4.63. The molecule has 0 spiro atoms. The standard InChI is InChI=1S/C27H19F10N5O/c1-15(16-9-10-22(28)21(11-16)26(32,33)34)38-24(14-23-39-41-42(2)40-23,17-5-3-7-19(12-17)25(29,30)31)18-6-4-8-20(13-18)43-27(35,36)37/h3-13,38H,1,14H2,2H3. The first-order valence-corrected chi connectivity index (χ1v) is 12.0. The van der Waals surface area contributed by atoms with Crippen LogP contribution in [0.25, 0.3) is 5.70 Å². The maximum atomic E-state index is 14.0. The van der Waals surface area contributed by atoms with Crippen molar-refractivity contribution in [2.45, 2.75) is 30.7 Å². The van der Waals surface area contributed by atoms with Crippen LogP contribution in [0.3, 0.4) is 0 Å². The van der Waals surface area contributed by atoms with E-state index in [2.05, 4.69) is 32.0 Å². The molecule has 1 N–H and O–H groups in total. The highest BCUT2D eigenvalue weighted by Crippen LogP contribution is 2.40. The van der Waals surface area contributed by atoms with Gasteiger partial charge in [0.1, 0.15) is 11.6 Å². The van der Waals surface area contributed by atoms with Gasteiger partial charge in [-0.05, 0) is 64.4 Å². The second kappa shape index (κ2) is 11.2. The number of aromatic nitrogens is 4. The Morgan fingerprint density at radius 3 is 2.05 bits per heavy atom. The molecule has 16 heteroatoms. The second-order valence-corrected chi connectivity index (χ2v) is 9.23. The number of rotatable bonds is 8. The quantitative estimate of drug-likeness (QED) is 0.215. The van der Waals surface area contributed by atoms with Crippen LogP contribution in [0, 0.1) is 5.82 Å². The van der Waals surface area contributed by atoms with Crippen LogP contribution in [-0.2, 0) is 31.4 Å². The zero-order valence-corrected chi connectivity index (χ0v) is 21.7. The summed E-state index contributed by atoms with van der Waals surface area (Å²) in [6, 6.07) is 9.84. The van der Waals surface area contributed by atoms with Crippen LogP contribution in [0.5, 0.6) is 5.75 Å². The molecule has 0 bridgehead atoms. The molecule has 1 unspecified atom stereocenters. The van der Waals surface area contributed by atoms with Gasteiger partial charge < -0.3 is 10.1 Å². The minimum atomic E-state index is -5.14. The van der Waals surface area contributed by atoms with E-state index in [4.69, 9.17) is 0 Å². The number of hydrogen-bond acceptors (Lipinski definition) is 5. The second-order valence-electron chi connectivity index (χ2n) is 9.23. The van der Waals surface area contributed by atoms with E-state index in [1.165, 1.54) is 19.2 Å². The van der Waals surface area contributed by atoms with Gasteiger partial charge in [0.2, 0.25) is 0 Å². The van der Waals surface area contributed by atoms with E-state index in [1.807, 2.05) is 0 Å². The van der Waals surface area contributed by atoms with Gasteiger partial charge in [0.15, 0.2) is 5.82 Å². The number of alkyl halides is 9. The number of nitrogens with zero attached hydrogens (tertiary/aromatic N) is 4. The first kappa shape index (κ1) is 31.3. The van der Waals surface area contributed by atoms with Crippen LogP contribution in [0.1, 0.15) is 33.6 Å². The highest BCUT2D eigenvalue weighted by Gasteiger charge is 2.41. The largest absolute Gasteiger partial charge is 0.573 e. The molecule has 4 rings (SSSR count). The smallest absolute Gasteiger partial charge is 0.406 e. The van der Waals surface area contributed by atoms with Gasteiger partial charge in [0.05, 0.1) is 23.7 Å². The van der Waals surface area contributed by atoms with Crippen molar-refractivity contribution in [3.63, 3.8) is 0 Å². The molecule has 228 valence electrons. The van der Waals surface area contributed by atoms with Gasteiger partial charge in [0, 0.05) is 12.1 Å². The molecule has 0 amide bonds. The molecule has 1 aromatic heterocycles. The Morgan fingerprint density at radius 2 is 1.47 bits per heavy atom. The average Bonchev–Trinajstić information content (AvgIpc) is 3.30. The van der Waals surface area contributed by atoms with Crippen LogP contribution >= 0.6 is 0 Å². The van der Waals surface area contributed by atoms with E-state index in [9.17, 15) is 43.9 Å². The normalized spacial score (nSPS) is 13.8. The van der Waals surface area contributed by atoms with Crippen molar-refractivity contribution in [1.29, 1.82) is 0 Å². The first-order valence-electron chi connectivity index (χ1n) is 12.0. The molecule has 0 aliphatic carbocycles. The zero-order chi connectivity index (χ0) is 31.8. The summed E-state index contributed by atoms with van der Waals surface area (Å²) in [6.45, 7) is 3.72. The summed E-state index contributed by atoms with van der Waals surface area (Å²) in [7, 11) is 1.38. The number of halogens is 10. The third kappa shape index (κ3) is 7.24. The summed E-state index contributed by atoms with van der Waals surface area (Å²) in [5, 5.41) is 14.4. The molecule has 1 heterocycles. The Labute approximate surface area is 236 Å². The van der Waals surface area contributed by atoms with Crippen molar-refractivity contribution >= 4 is 5.70 Å². The topological polar surface area (TPSA) is 64.9 Å². The number of benzene rings is 3. The molecule has 0 saturated carbocycles. The molecule has 1 atom stereocenters. The summed E-state index contributed by atoms with van der Waals surface area (Å²) in [6.07, 6.45) is -15.6. The lowest BCUT2D eigenvalue weighted by Crippen LogP contribution is -2.45. The van der Waals surface area contributed by atoms with Crippen molar-refractivity contribution in [2.24, 2.45) is 7.05 Å². The molecule has 0 radical (unpaired) electrons. The zero-order valence-electron chi connectivity index (χ0n) is 21.7. The lowest BCUT2D eigenvalue weighted by molar-refractivity contribution is -0.274. The van der Waals surface area contributed by atoms with Crippen LogP contribution in [0.2, 0.25) is 0 Å². The number of nitrogens with one attached hydrogen (secondary N) is 1. The molecule has 6 nitrogen and oxygen atoms in total. The maximum absolute atomic E-state index is 14.0. The van der Waals surface area contributed by atoms with E-state index in [1.54, 1.807) is 0 Å². The third-order valence-electron chi connectivity index (χ3n) is 6.20. The fraction of sp³-hybridized carbons (Fsp3) is 0.222. The van der Waals surface area contributed by atoms with Gasteiger partial charge in [-0.3, -0.25) is 0 Å². The van der Waals surface area contributed by atoms with E-state index in [-0.39, 0.29) is 28.2 Å². The van der Waals surface area contributed by atoms with Crippen LogP contribution in [-0.4, -0.2) is 26.6 Å². The Balaban J connectivity index is 1.98. The van der Waals surface area contributed by atoms with E-state index >= 15 is 0 Å². The fourth-order valence-corrected chi connectivity index (χ4v) is 4.37. The summed E-state index contributed by atoms with van der Waals surface area (Å²) >= 11 is 0. The van der Waals surface area contributed by atoms with Gasteiger partial charge in [-0.15, -0.1) is 23.4 Å². The monoisotopic (exact) mass is 619 g/mol. The molecule has 43 heavy (non-hydrogen) atoms. The average molecular weight is 619 g/mol. The molecule has 4 aromatic rings. The highest BCUT2D eigenvalue weighted by atomic mass is 19.4. The van der Waals surface area contributed by atoms with E-state index in [0.717, 1.165) is 41.2 Å². The van der Waals surface area contributed by atoms with Gasteiger partial charge >= 0.3 is 18.7 Å². The molecule has 3 aromatic carbocycles. The van der Waals surface area contributed by atoms with Crippen LogP contribution < -0.4 is 10.1 Å². The number of ether oxygens (including phenoxy) is 1. The van der Waals surface area contributed by atoms with Gasteiger partial charge in [-0.1, -0.05) is 30.8 Å². The van der Waals surface area contributed by atoms with Crippen molar-refractivity contribution in [1.82, 2.24) is 25.5 Å². The fourth-order valence-electron chi connectivity index (χ4n) is 4.37. The molecule has 0 saturated heterocycles. The highest BCUT2D eigenvalue weighted by molar-refractivity contribution is 5.65. The Kier molecular flexibility index (Phi) is 8.17.